The predicted molar refractivity (Wildman–Crippen MR) is 78.5 cm³/mol. The zero-order valence-electron chi connectivity index (χ0n) is 11.0. The van der Waals surface area contributed by atoms with Crippen LogP contribution in [0.5, 0.6) is 0 Å². The van der Waals surface area contributed by atoms with Crippen LogP contribution in [0.3, 0.4) is 0 Å². The summed E-state index contributed by atoms with van der Waals surface area (Å²) in [5.74, 6) is 0. The van der Waals surface area contributed by atoms with E-state index < -0.39 is 0 Å². The second-order valence-electron chi connectivity index (χ2n) is 4.64. The second-order valence-corrected chi connectivity index (χ2v) is 5.50. The summed E-state index contributed by atoms with van der Waals surface area (Å²) in [4.78, 5) is 2.24. The van der Waals surface area contributed by atoms with Gasteiger partial charge in [-0.15, -0.1) is 0 Å². The third-order valence-corrected chi connectivity index (χ3v) is 3.62. The highest BCUT2D eigenvalue weighted by atomic mass is 79.9. The van der Waals surface area contributed by atoms with Crippen LogP contribution >= 0.6 is 15.9 Å². The van der Waals surface area contributed by atoms with Crippen LogP contribution in [-0.2, 0) is 6.42 Å². The maximum atomic E-state index is 3.62. The molecule has 0 aliphatic heterocycles. The Labute approximate surface area is 114 Å². The van der Waals surface area contributed by atoms with Gasteiger partial charge in [-0.3, -0.25) is 0 Å². The first kappa shape index (κ1) is 14.7. The van der Waals surface area contributed by atoms with Crippen LogP contribution in [0.15, 0.2) is 28.7 Å². The number of nitrogens with zero attached hydrogens (tertiary/aromatic N) is 1. The predicted octanol–water partition coefficient (Wildman–Crippen LogP) is 2.92. The van der Waals surface area contributed by atoms with Crippen molar-refractivity contribution in [1.82, 2.24) is 10.2 Å². The minimum absolute atomic E-state index is 0.557. The van der Waals surface area contributed by atoms with Gasteiger partial charge < -0.3 is 10.2 Å². The summed E-state index contributed by atoms with van der Waals surface area (Å²) < 4.78 is 1.22. The maximum absolute atomic E-state index is 3.62. The van der Waals surface area contributed by atoms with E-state index in [1.807, 2.05) is 0 Å². The molecule has 0 radical (unpaired) electrons. The standard InChI is InChI=1S/C14H23BrN2/c1-4-16-13(9-10-17(2)3)11-12-7-5-6-8-14(12)15/h5-8,13,16H,4,9-11H2,1-3H3. The molecule has 0 saturated carbocycles. The molecule has 3 heteroatoms. The number of benzene rings is 1. The van der Waals surface area contributed by atoms with Gasteiger partial charge in [-0.1, -0.05) is 41.1 Å². The highest BCUT2D eigenvalue weighted by Gasteiger charge is 2.10. The van der Waals surface area contributed by atoms with Crippen LogP contribution < -0.4 is 5.32 Å². The Balaban J connectivity index is 2.56. The van der Waals surface area contributed by atoms with Crippen molar-refractivity contribution in [2.75, 3.05) is 27.2 Å². The van der Waals surface area contributed by atoms with E-state index in [0.29, 0.717) is 6.04 Å². The molecule has 0 amide bonds. The largest absolute Gasteiger partial charge is 0.314 e. The van der Waals surface area contributed by atoms with Crippen molar-refractivity contribution < 1.29 is 0 Å². The molecule has 0 aliphatic rings. The second kappa shape index (κ2) is 7.85. The van der Waals surface area contributed by atoms with Crippen LogP contribution in [0.2, 0.25) is 0 Å². The molecule has 1 rings (SSSR count). The van der Waals surface area contributed by atoms with Crippen molar-refractivity contribution in [3.8, 4) is 0 Å². The molecule has 1 N–H and O–H groups in total. The molecule has 0 saturated heterocycles. The monoisotopic (exact) mass is 298 g/mol. The molecule has 0 aliphatic carbocycles. The van der Waals surface area contributed by atoms with Crippen LogP contribution in [0.1, 0.15) is 18.9 Å². The first-order valence-electron chi connectivity index (χ1n) is 6.25. The molecule has 1 aromatic rings. The molecule has 96 valence electrons. The SMILES string of the molecule is CCNC(CCN(C)C)Cc1ccccc1Br. The zero-order valence-corrected chi connectivity index (χ0v) is 12.6. The summed E-state index contributed by atoms with van der Waals surface area (Å²) >= 11 is 3.62. The van der Waals surface area contributed by atoms with Gasteiger partial charge in [0.1, 0.15) is 0 Å². The van der Waals surface area contributed by atoms with E-state index in [4.69, 9.17) is 0 Å². The molecular weight excluding hydrogens is 276 g/mol. The van der Waals surface area contributed by atoms with Crippen LogP contribution in [0.25, 0.3) is 0 Å². The molecule has 1 aromatic carbocycles. The summed E-state index contributed by atoms with van der Waals surface area (Å²) in [5.41, 5.74) is 1.39. The Kier molecular flexibility index (Phi) is 6.78. The van der Waals surface area contributed by atoms with Crippen molar-refractivity contribution in [1.29, 1.82) is 0 Å². The first-order chi connectivity index (χ1) is 8.13. The van der Waals surface area contributed by atoms with Gasteiger partial charge in [-0.05, 0) is 51.7 Å². The number of hydrogen-bond acceptors (Lipinski definition) is 2. The molecule has 0 bridgehead atoms. The lowest BCUT2D eigenvalue weighted by Gasteiger charge is -2.20. The highest BCUT2D eigenvalue weighted by molar-refractivity contribution is 9.10. The van der Waals surface area contributed by atoms with Crippen molar-refractivity contribution in [3.05, 3.63) is 34.3 Å². The molecule has 1 unspecified atom stereocenters. The molecule has 0 fully saturated rings. The third-order valence-electron chi connectivity index (χ3n) is 2.84. The average molecular weight is 299 g/mol. The minimum Gasteiger partial charge on any atom is -0.314 e. The number of rotatable bonds is 7. The van der Waals surface area contributed by atoms with E-state index in [1.165, 1.54) is 16.5 Å². The normalized spacial score (nSPS) is 13.0. The smallest absolute Gasteiger partial charge is 0.0207 e. The number of halogens is 1. The Morgan fingerprint density at radius 2 is 2.00 bits per heavy atom. The van der Waals surface area contributed by atoms with E-state index in [2.05, 4.69) is 71.4 Å². The summed E-state index contributed by atoms with van der Waals surface area (Å²) in [7, 11) is 4.25. The van der Waals surface area contributed by atoms with Crippen LogP contribution in [0, 0.1) is 0 Å². The lowest BCUT2D eigenvalue weighted by Crippen LogP contribution is -2.34. The minimum atomic E-state index is 0.557. The van der Waals surface area contributed by atoms with Gasteiger partial charge in [-0.2, -0.15) is 0 Å². The molecule has 0 spiro atoms. The van der Waals surface area contributed by atoms with E-state index in [-0.39, 0.29) is 0 Å². The van der Waals surface area contributed by atoms with Crippen LogP contribution in [-0.4, -0.2) is 38.1 Å². The van der Waals surface area contributed by atoms with Gasteiger partial charge in [0.2, 0.25) is 0 Å². The van der Waals surface area contributed by atoms with E-state index >= 15 is 0 Å². The summed E-state index contributed by atoms with van der Waals surface area (Å²) in [6, 6.07) is 9.04. The molecule has 0 heterocycles. The fourth-order valence-corrected chi connectivity index (χ4v) is 2.36. The van der Waals surface area contributed by atoms with Crippen molar-refractivity contribution in [2.45, 2.75) is 25.8 Å². The zero-order chi connectivity index (χ0) is 12.7. The average Bonchev–Trinajstić information content (AvgIpc) is 2.29. The van der Waals surface area contributed by atoms with Crippen molar-refractivity contribution in [2.24, 2.45) is 0 Å². The third kappa shape index (κ3) is 5.66. The summed E-state index contributed by atoms with van der Waals surface area (Å²) in [6.07, 6.45) is 2.27. The Morgan fingerprint density at radius 1 is 1.29 bits per heavy atom. The Hall–Kier alpha value is -0.380. The molecule has 2 nitrogen and oxygen atoms in total. The van der Waals surface area contributed by atoms with Gasteiger partial charge in [-0.25, -0.2) is 0 Å². The maximum Gasteiger partial charge on any atom is 0.0207 e. The summed E-state index contributed by atoms with van der Waals surface area (Å²) in [6.45, 7) is 4.33. The van der Waals surface area contributed by atoms with Gasteiger partial charge in [0, 0.05) is 10.5 Å². The van der Waals surface area contributed by atoms with Crippen molar-refractivity contribution in [3.63, 3.8) is 0 Å². The lowest BCUT2D eigenvalue weighted by molar-refractivity contribution is 0.358. The van der Waals surface area contributed by atoms with E-state index in [9.17, 15) is 0 Å². The molecular formula is C14H23BrN2. The first-order valence-corrected chi connectivity index (χ1v) is 7.04. The quantitative estimate of drug-likeness (QED) is 0.833. The lowest BCUT2D eigenvalue weighted by atomic mass is 10.0. The number of hydrogen-bond donors (Lipinski definition) is 1. The molecule has 0 aromatic heterocycles. The molecule has 1 atom stereocenters. The van der Waals surface area contributed by atoms with Crippen molar-refractivity contribution >= 4 is 15.9 Å². The fourth-order valence-electron chi connectivity index (χ4n) is 1.91. The van der Waals surface area contributed by atoms with Crippen LogP contribution in [0.4, 0.5) is 0 Å². The molecule has 17 heavy (non-hydrogen) atoms. The van der Waals surface area contributed by atoms with Gasteiger partial charge >= 0.3 is 0 Å². The van der Waals surface area contributed by atoms with Gasteiger partial charge in [0.05, 0.1) is 0 Å². The number of likely N-dealkylation sites (N-methyl/N-ethyl adjacent to an activating group) is 1. The topological polar surface area (TPSA) is 15.3 Å². The van der Waals surface area contributed by atoms with E-state index in [0.717, 1.165) is 19.5 Å². The number of nitrogens with one attached hydrogen (secondary N) is 1. The Bertz CT molecular complexity index is 326. The van der Waals surface area contributed by atoms with E-state index in [1.54, 1.807) is 0 Å². The van der Waals surface area contributed by atoms with Gasteiger partial charge in [0.25, 0.3) is 0 Å². The summed E-state index contributed by atoms with van der Waals surface area (Å²) in [5, 5.41) is 3.57. The Morgan fingerprint density at radius 3 is 2.59 bits per heavy atom. The highest BCUT2D eigenvalue weighted by Crippen LogP contribution is 2.18. The fraction of sp³-hybridized carbons (Fsp3) is 0.571. The van der Waals surface area contributed by atoms with Gasteiger partial charge in [0.15, 0.2) is 0 Å².